The van der Waals surface area contributed by atoms with Gasteiger partial charge in [-0.3, -0.25) is 0 Å². The number of nitrogens with zero attached hydrogens (tertiary/aromatic N) is 3. The van der Waals surface area contributed by atoms with Gasteiger partial charge in [0, 0.05) is 17.5 Å². The Hall–Kier alpha value is -2.43. The van der Waals surface area contributed by atoms with Crippen molar-refractivity contribution in [1.82, 2.24) is 15.3 Å². The predicted molar refractivity (Wildman–Crippen MR) is 80.4 cm³/mol. The van der Waals surface area contributed by atoms with E-state index in [1.165, 1.54) is 18.4 Å². The van der Waals surface area contributed by atoms with Crippen LogP contribution in [0.25, 0.3) is 11.5 Å². The molecule has 0 aliphatic heterocycles. The highest BCUT2D eigenvalue weighted by atomic mass is 16.5. The van der Waals surface area contributed by atoms with Crippen LogP contribution in [0, 0.1) is 6.92 Å². The third kappa shape index (κ3) is 2.22. The van der Waals surface area contributed by atoms with Crippen LogP contribution < -0.4 is 0 Å². The summed E-state index contributed by atoms with van der Waals surface area (Å²) >= 11 is 0. The number of aromatic nitrogens is 3. The molecule has 0 unspecified atom stereocenters. The van der Waals surface area contributed by atoms with Crippen molar-refractivity contribution in [1.29, 1.82) is 0 Å². The van der Waals surface area contributed by atoms with Gasteiger partial charge in [0.15, 0.2) is 5.82 Å². The Morgan fingerprint density at radius 3 is 2.73 bits per heavy atom. The van der Waals surface area contributed by atoms with Crippen molar-refractivity contribution in [3.63, 3.8) is 0 Å². The van der Waals surface area contributed by atoms with E-state index in [2.05, 4.69) is 40.4 Å². The van der Waals surface area contributed by atoms with Crippen molar-refractivity contribution in [2.45, 2.75) is 38.5 Å². The average Bonchev–Trinajstić information content (AvgIpc) is 2.94. The summed E-state index contributed by atoms with van der Waals surface area (Å²) in [5.41, 5.74) is 4.44. The molecule has 2 heterocycles. The molecule has 112 valence electrons. The van der Waals surface area contributed by atoms with E-state index in [0.29, 0.717) is 18.1 Å². The Bertz CT molecular complexity index is 815. The normalized spacial score (nSPS) is 15.9. The van der Waals surface area contributed by atoms with E-state index in [0.717, 1.165) is 16.8 Å². The first-order chi connectivity index (χ1) is 10.7. The van der Waals surface area contributed by atoms with Crippen LogP contribution in [0.5, 0.6) is 0 Å². The fraction of sp³-hybridized carbons (Fsp3) is 0.353. The summed E-state index contributed by atoms with van der Waals surface area (Å²) in [6.07, 6.45) is 4.62. The molecule has 0 atom stereocenters. The minimum absolute atomic E-state index is 0.260. The first-order valence-corrected chi connectivity index (χ1v) is 7.48. The quantitative estimate of drug-likeness (QED) is 0.734. The van der Waals surface area contributed by atoms with E-state index in [4.69, 9.17) is 9.05 Å². The van der Waals surface area contributed by atoms with Crippen LogP contribution >= 0.6 is 0 Å². The Morgan fingerprint density at radius 2 is 2.00 bits per heavy atom. The minimum Gasteiger partial charge on any atom is -0.364 e. The molecule has 3 aromatic rings. The maximum absolute atomic E-state index is 5.49. The van der Waals surface area contributed by atoms with Crippen molar-refractivity contribution in [3.8, 4) is 11.5 Å². The van der Waals surface area contributed by atoms with Gasteiger partial charge in [0.2, 0.25) is 0 Å². The zero-order chi connectivity index (χ0) is 15.2. The molecule has 0 spiro atoms. The maximum atomic E-state index is 5.49. The minimum atomic E-state index is 0.260. The van der Waals surface area contributed by atoms with Crippen LogP contribution in [-0.4, -0.2) is 15.3 Å². The Labute approximate surface area is 128 Å². The summed E-state index contributed by atoms with van der Waals surface area (Å²) in [5, 5.41) is 7.97. The molecule has 2 aromatic heterocycles. The fourth-order valence-corrected chi connectivity index (χ4v) is 2.74. The monoisotopic (exact) mass is 295 g/mol. The molecule has 1 saturated carbocycles. The van der Waals surface area contributed by atoms with E-state index < -0.39 is 0 Å². The molecule has 0 bridgehead atoms. The van der Waals surface area contributed by atoms with Gasteiger partial charge in [0.1, 0.15) is 6.26 Å². The van der Waals surface area contributed by atoms with Gasteiger partial charge in [-0.1, -0.05) is 35.4 Å². The summed E-state index contributed by atoms with van der Waals surface area (Å²) in [5.74, 6) is 1.24. The smallest absolute Gasteiger partial charge is 0.258 e. The van der Waals surface area contributed by atoms with Gasteiger partial charge in [0.25, 0.3) is 5.89 Å². The first-order valence-electron chi connectivity index (χ1n) is 7.48. The van der Waals surface area contributed by atoms with Crippen LogP contribution in [0.1, 0.15) is 42.4 Å². The van der Waals surface area contributed by atoms with Gasteiger partial charge in [-0.25, -0.2) is 0 Å². The molecule has 1 aliphatic rings. The van der Waals surface area contributed by atoms with Gasteiger partial charge in [-0.2, -0.15) is 4.98 Å². The molecule has 0 saturated heterocycles. The number of hydrogen-bond donors (Lipinski definition) is 0. The number of rotatable bonds is 4. The van der Waals surface area contributed by atoms with Crippen LogP contribution in [0.3, 0.4) is 0 Å². The second-order valence-corrected chi connectivity index (χ2v) is 6.22. The molecule has 5 heteroatoms. The van der Waals surface area contributed by atoms with Gasteiger partial charge in [-0.15, -0.1) is 0 Å². The van der Waals surface area contributed by atoms with Crippen LogP contribution in [0.4, 0.5) is 0 Å². The summed E-state index contributed by atoms with van der Waals surface area (Å²) in [6, 6.07) is 8.30. The molecule has 0 amide bonds. The molecule has 5 nitrogen and oxygen atoms in total. The van der Waals surface area contributed by atoms with E-state index >= 15 is 0 Å². The highest BCUT2D eigenvalue weighted by Gasteiger charge is 2.41. The highest BCUT2D eigenvalue weighted by molar-refractivity contribution is 5.62. The van der Waals surface area contributed by atoms with Gasteiger partial charge >= 0.3 is 0 Å². The van der Waals surface area contributed by atoms with Crippen molar-refractivity contribution in [3.05, 3.63) is 53.2 Å². The third-order valence-electron chi connectivity index (χ3n) is 4.47. The zero-order valence-corrected chi connectivity index (χ0v) is 12.7. The van der Waals surface area contributed by atoms with Crippen LogP contribution in [-0.2, 0) is 11.8 Å². The first kappa shape index (κ1) is 13.2. The van der Waals surface area contributed by atoms with E-state index in [1.54, 1.807) is 6.26 Å². The Balaban J connectivity index is 1.66. The largest absolute Gasteiger partial charge is 0.364 e. The lowest BCUT2D eigenvalue weighted by Crippen LogP contribution is -2.02. The maximum Gasteiger partial charge on any atom is 0.258 e. The molecule has 1 aromatic carbocycles. The third-order valence-corrected chi connectivity index (χ3v) is 4.47. The SMILES string of the molecule is Cc1nocc1Cc1noc(-c2ccccc2C2(C)CC2)n1. The Morgan fingerprint density at radius 1 is 1.18 bits per heavy atom. The van der Waals surface area contributed by atoms with E-state index in [1.807, 2.05) is 13.0 Å². The predicted octanol–water partition coefficient (Wildman–Crippen LogP) is 3.68. The molecule has 22 heavy (non-hydrogen) atoms. The highest BCUT2D eigenvalue weighted by Crippen LogP contribution is 2.50. The summed E-state index contributed by atoms with van der Waals surface area (Å²) in [4.78, 5) is 4.55. The van der Waals surface area contributed by atoms with Crippen LogP contribution in [0.2, 0.25) is 0 Å². The molecule has 0 N–H and O–H groups in total. The lowest BCUT2D eigenvalue weighted by molar-refractivity contribution is 0.414. The summed E-state index contributed by atoms with van der Waals surface area (Å²) < 4.78 is 10.4. The molecular weight excluding hydrogens is 278 g/mol. The molecule has 1 aliphatic carbocycles. The van der Waals surface area contributed by atoms with Gasteiger partial charge in [-0.05, 0) is 36.8 Å². The lowest BCUT2D eigenvalue weighted by atomic mass is 9.93. The summed E-state index contributed by atoms with van der Waals surface area (Å²) in [7, 11) is 0. The van der Waals surface area contributed by atoms with E-state index in [9.17, 15) is 0 Å². The molecular formula is C17H17N3O2. The second kappa shape index (κ2) is 4.80. The average molecular weight is 295 g/mol. The fourth-order valence-electron chi connectivity index (χ4n) is 2.74. The van der Waals surface area contributed by atoms with Gasteiger partial charge < -0.3 is 9.05 Å². The van der Waals surface area contributed by atoms with E-state index in [-0.39, 0.29) is 5.41 Å². The lowest BCUT2D eigenvalue weighted by Gasteiger charge is -2.11. The Kier molecular flexibility index (Phi) is 2.89. The van der Waals surface area contributed by atoms with Crippen molar-refractivity contribution in [2.75, 3.05) is 0 Å². The van der Waals surface area contributed by atoms with Crippen molar-refractivity contribution >= 4 is 0 Å². The number of aryl methyl sites for hydroxylation is 1. The number of benzene rings is 1. The molecule has 1 fully saturated rings. The topological polar surface area (TPSA) is 65.0 Å². The van der Waals surface area contributed by atoms with Gasteiger partial charge in [0.05, 0.1) is 5.69 Å². The zero-order valence-electron chi connectivity index (χ0n) is 12.7. The van der Waals surface area contributed by atoms with Crippen molar-refractivity contribution < 1.29 is 9.05 Å². The molecule has 0 radical (unpaired) electrons. The summed E-state index contributed by atoms with van der Waals surface area (Å²) in [6.45, 7) is 4.19. The van der Waals surface area contributed by atoms with Crippen LogP contribution in [0.15, 0.2) is 39.6 Å². The standard InChI is InChI=1S/C17H17N3O2/c1-11-12(10-21-19-11)9-15-18-16(22-20-15)13-5-3-4-6-14(13)17(2)7-8-17/h3-6,10H,7-9H2,1-2H3. The number of hydrogen-bond acceptors (Lipinski definition) is 5. The second-order valence-electron chi connectivity index (χ2n) is 6.22. The van der Waals surface area contributed by atoms with Crippen molar-refractivity contribution in [2.24, 2.45) is 0 Å². The molecule has 4 rings (SSSR count).